The lowest BCUT2D eigenvalue weighted by atomic mass is 10.1. The van der Waals surface area contributed by atoms with Crippen molar-refractivity contribution in [3.63, 3.8) is 0 Å². The van der Waals surface area contributed by atoms with Gasteiger partial charge in [0.05, 0.1) is 0 Å². The van der Waals surface area contributed by atoms with Gasteiger partial charge in [0, 0.05) is 25.7 Å². The SMILES string of the molecule is CCC(CNCC(C)C)N1CC=C(C)CC1. The van der Waals surface area contributed by atoms with Crippen molar-refractivity contribution < 1.29 is 0 Å². The molecule has 1 heterocycles. The van der Waals surface area contributed by atoms with Crippen LogP contribution in [0.4, 0.5) is 0 Å². The molecule has 1 rings (SSSR count). The van der Waals surface area contributed by atoms with E-state index in [2.05, 4.69) is 44.0 Å². The van der Waals surface area contributed by atoms with Gasteiger partial charge in [0.25, 0.3) is 0 Å². The van der Waals surface area contributed by atoms with E-state index in [1.807, 2.05) is 0 Å². The van der Waals surface area contributed by atoms with Crippen LogP contribution < -0.4 is 5.32 Å². The molecule has 1 N–H and O–H groups in total. The van der Waals surface area contributed by atoms with Gasteiger partial charge in [-0.05, 0) is 32.2 Å². The zero-order valence-corrected chi connectivity index (χ0v) is 11.4. The fourth-order valence-corrected chi connectivity index (χ4v) is 2.19. The van der Waals surface area contributed by atoms with E-state index < -0.39 is 0 Å². The first-order chi connectivity index (χ1) is 7.63. The molecule has 0 aromatic rings. The summed E-state index contributed by atoms with van der Waals surface area (Å²) >= 11 is 0. The third kappa shape index (κ3) is 4.67. The normalized spacial score (nSPS) is 19.9. The van der Waals surface area contributed by atoms with E-state index in [1.165, 1.54) is 19.4 Å². The van der Waals surface area contributed by atoms with Crippen molar-refractivity contribution in [3.8, 4) is 0 Å². The molecule has 0 radical (unpaired) electrons. The Hall–Kier alpha value is -0.340. The molecule has 0 aromatic heterocycles. The summed E-state index contributed by atoms with van der Waals surface area (Å²) in [6.07, 6.45) is 4.88. The van der Waals surface area contributed by atoms with Gasteiger partial charge in [-0.1, -0.05) is 32.4 Å². The van der Waals surface area contributed by atoms with E-state index in [1.54, 1.807) is 5.57 Å². The van der Waals surface area contributed by atoms with Crippen LogP contribution in [0.15, 0.2) is 11.6 Å². The van der Waals surface area contributed by atoms with Crippen LogP contribution in [0.3, 0.4) is 0 Å². The van der Waals surface area contributed by atoms with Crippen LogP contribution in [-0.4, -0.2) is 37.1 Å². The van der Waals surface area contributed by atoms with Crippen LogP contribution in [0.2, 0.25) is 0 Å². The highest BCUT2D eigenvalue weighted by atomic mass is 15.2. The maximum Gasteiger partial charge on any atom is 0.0221 e. The third-order valence-electron chi connectivity index (χ3n) is 3.39. The van der Waals surface area contributed by atoms with Crippen molar-refractivity contribution in [1.82, 2.24) is 10.2 Å². The molecule has 2 nitrogen and oxygen atoms in total. The van der Waals surface area contributed by atoms with Crippen LogP contribution in [0.1, 0.15) is 40.5 Å². The van der Waals surface area contributed by atoms with Gasteiger partial charge in [0.1, 0.15) is 0 Å². The first kappa shape index (κ1) is 13.7. The summed E-state index contributed by atoms with van der Waals surface area (Å²) in [7, 11) is 0. The molecule has 1 unspecified atom stereocenters. The van der Waals surface area contributed by atoms with Gasteiger partial charge < -0.3 is 5.32 Å². The summed E-state index contributed by atoms with van der Waals surface area (Å²) in [5, 5.41) is 3.58. The summed E-state index contributed by atoms with van der Waals surface area (Å²) < 4.78 is 0. The van der Waals surface area contributed by atoms with E-state index >= 15 is 0 Å². The van der Waals surface area contributed by atoms with Crippen LogP contribution in [0.25, 0.3) is 0 Å². The zero-order valence-electron chi connectivity index (χ0n) is 11.4. The predicted molar refractivity (Wildman–Crippen MR) is 71.7 cm³/mol. The molecule has 0 amide bonds. The standard InChI is InChI=1S/C14H28N2/c1-5-14(11-15-10-12(2)3)16-8-6-13(4)7-9-16/h6,12,14-15H,5,7-11H2,1-4H3. The van der Waals surface area contributed by atoms with Gasteiger partial charge in [0.15, 0.2) is 0 Å². The first-order valence-electron chi connectivity index (χ1n) is 6.73. The Balaban J connectivity index is 2.31. The van der Waals surface area contributed by atoms with Crippen molar-refractivity contribution in [2.45, 2.75) is 46.6 Å². The lowest BCUT2D eigenvalue weighted by Gasteiger charge is -2.33. The second-order valence-electron chi connectivity index (χ2n) is 5.41. The average Bonchev–Trinajstić information content (AvgIpc) is 2.26. The van der Waals surface area contributed by atoms with E-state index in [9.17, 15) is 0 Å². The van der Waals surface area contributed by atoms with Gasteiger partial charge in [-0.2, -0.15) is 0 Å². The molecule has 0 aromatic carbocycles. The van der Waals surface area contributed by atoms with Crippen LogP contribution in [-0.2, 0) is 0 Å². The fourth-order valence-electron chi connectivity index (χ4n) is 2.19. The maximum absolute atomic E-state index is 3.58. The molecule has 16 heavy (non-hydrogen) atoms. The third-order valence-corrected chi connectivity index (χ3v) is 3.39. The highest BCUT2D eigenvalue weighted by Gasteiger charge is 2.17. The number of hydrogen-bond donors (Lipinski definition) is 1. The van der Waals surface area contributed by atoms with Gasteiger partial charge >= 0.3 is 0 Å². The van der Waals surface area contributed by atoms with Crippen LogP contribution in [0.5, 0.6) is 0 Å². The summed E-state index contributed by atoms with van der Waals surface area (Å²) in [6, 6.07) is 0.711. The molecule has 1 aliphatic heterocycles. The fraction of sp³-hybridized carbons (Fsp3) is 0.857. The van der Waals surface area contributed by atoms with E-state index in [0.29, 0.717) is 6.04 Å². The lowest BCUT2D eigenvalue weighted by molar-refractivity contribution is 0.199. The van der Waals surface area contributed by atoms with Crippen molar-refractivity contribution in [3.05, 3.63) is 11.6 Å². The van der Waals surface area contributed by atoms with Crippen LogP contribution >= 0.6 is 0 Å². The smallest absolute Gasteiger partial charge is 0.0221 e. The Kier molecular flexibility index (Phi) is 6.07. The maximum atomic E-state index is 3.58. The number of hydrogen-bond acceptors (Lipinski definition) is 2. The van der Waals surface area contributed by atoms with Crippen molar-refractivity contribution in [1.29, 1.82) is 0 Å². The molecule has 0 aliphatic carbocycles. The van der Waals surface area contributed by atoms with Crippen LogP contribution in [0, 0.1) is 5.92 Å². The minimum absolute atomic E-state index is 0.711. The van der Waals surface area contributed by atoms with E-state index in [4.69, 9.17) is 0 Å². The summed E-state index contributed by atoms with van der Waals surface area (Å²) in [5.41, 5.74) is 1.56. The molecule has 1 atom stereocenters. The Bertz CT molecular complexity index is 221. The largest absolute Gasteiger partial charge is 0.315 e. The van der Waals surface area contributed by atoms with E-state index in [0.717, 1.165) is 25.6 Å². The Morgan fingerprint density at radius 2 is 2.12 bits per heavy atom. The summed E-state index contributed by atoms with van der Waals surface area (Å²) in [5.74, 6) is 0.751. The van der Waals surface area contributed by atoms with Gasteiger partial charge in [-0.15, -0.1) is 0 Å². The Labute approximate surface area is 101 Å². The monoisotopic (exact) mass is 224 g/mol. The lowest BCUT2D eigenvalue weighted by Crippen LogP contribution is -2.44. The number of nitrogens with one attached hydrogen (secondary N) is 1. The van der Waals surface area contributed by atoms with Gasteiger partial charge in [-0.3, -0.25) is 4.90 Å². The minimum Gasteiger partial charge on any atom is -0.315 e. The predicted octanol–water partition coefficient (Wildman–Crippen LogP) is 2.66. The molecule has 0 saturated carbocycles. The molecule has 1 aliphatic rings. The van der Waals surface area contributed by atoms with Gasteiger partial charge in [-0.25, -0.2) is 0 Å². The Morgan fingerprint density at radius 3 is 2.62 bits per heavy atom. The summed E-state index contributed by atoms with van der Waals surface area (Å²) in [4.78, 5) is 2.61. The van der Waals surface area contributed by atoms with E-state index in [-0.39, 0.29) is 0 Å². The molecule has 0 bridgehead atoms. The molecular formula is C14H28N2. The first-order valence-corrected chi connectivity index (χ1v) is 6.73. The van der Waals surface area contributed by atoms with Crippen molar-refractivity contribution in [2.24, 2.45) is 5.92 Å². The molecular weight excluding hydrogens is 196 g/mol. The highest BCUT2D eigenvalue weighted by molar-refractivity contribution is 5.04. The topological polar surface area (TPSA) is 15.3 Å². The number of nitrogens with zero attached hydrogens (tertiary/aromatic N) is 1. The molecule has 0 saturated heterocycles. The summed E-state index contributed by atoms with van der Waals surface area (Å²) in [6.45, 7) is 13.7. The highest BCUT2D eigenvalue weighted by Crippen LogP contribution is 2.13. The average molecular weight is 224 g/mol. The minimum atomic E-state index is 0.711. The second-order valence-corrected chi connectivity index (χ2v) is 5.41. The quantitative estimate of drug-likeness (QED) is 0.698. The van der Waals surface area contributed by atoms with Crippen molar-refractivity contribution >= 4 is 0 Å². The van der Waals surface area contributed by atoms with Gasteiger partial charge in [0.2, 0.25) is 0 Å². The molecule has 2 heteroatoms. The molecule has 0 spiro atoms. The molecule has 94 valence electrons. The Morgan fingerprint density at radius 1 is 1.38 bits per heavy atom. The van der Waals surface area contributed by atoms with Crippen molar-refractivity contribution in [2.75, 3.05) is 26.2 Å². The number of rotatable bonds is 6. The second kappa shape index (κ2) is 7.08. The zero-order chi connectivity index (χ0) is 12.0. The molecule has 0 fully saturated rings.